The summed E-state index contributed by atoms with van der Waals surface area (Å²) < 4.78 is 21.0. The molecule has 1 amide bonds. The lowest BCUT2D eigenvalue weighted by atomic mass is 9.95. The van der Waals surface area contributed by atoms with Crippen molar-refractivity contribution >= 4 is 17.4 Å². The number of hydrogen-bond acceptors (Lipinski definition) is 7. The average Bonchev–Trinajstić information content (AvgIpc) is 3.06. The molecule has 1 saturated heterocycles. The number of carbonyl (C=O) groups excluding carboxylic acids is 2. The SMILES string of the molecule is COc1ccc(C2NC(=O)C(=O)C2=C(O)c2ccc(OC)c(OC)c2)c(OC)c1. The van der Waals surface area contributed by atoms with Crippen LogP contribution in [-0.2, 0) is 9.59 Å². The molecule has 1 unspecified atom stereocenters. The van der Waals surface area contributed by atoms with Crippen LogP contribution in [0.25, 0.3) is 5.76 Å². The van der Waals surface area contributed by atoms with Gasteiger partial charge in [0.1, 0.15) is 17.3 Å². The predicted molar refractivity (Wildman–Crippen MR) is 105 cm³/mol. The first-order valence-corrected chi connectivity index (χ1v) is 8.67. The third kappa shape index (κ3) is 3.56. The first-order chi connectivity index (χ1) is 13.9. The molecule has 1 atom stereocenters. The highest BCUT2D eigenvalue weighted by atomic mass is 16.5. The average molecular weight is 399 g/mol. The number of rotatable bonds is 6. The van der Waals surface area contributed by atoms with Gasteiger partial charge in [0.05, 0.1) is 40.1 Å². The van der Waals surface area contributed by atoms with E-state index in [1.165, 1.54) is 34.5 Å². The number of ketones is 1. The van der Waals surface area contributed by atoms with E-state index < -0.39 is 17.7 Å². The number of nitrogens with one attached hydrogen (secondary N) is 1. The first-order valence-electron chi connectivity index (χ1n) is 8.67. The van der Waals surface area contributed by atoms with Crippen molar-refractivity contribution in [2.24, 2.45) is 0 Å². The number of Topliss-reactive ketones (excluding diaryl/α,β-unsaturated/α-hetero) is 1. The van der Waals surface area contributed by atoms with E-state index in [1.54, 1.807) is 30.3 Å². The van der Waals surface area contributed by atoms with Crippen molar-refractivity contribution in [1.29, 1.82) is 0 Å². The Hall–Kier alpha value is -3.68. The van der Waals surface area contributed by atoms with Crippen LogP contribution in [0, 0.1) is 0 Å². The van der Waals surface area contributed by atoms with Crippen LogP contribution >= 0.6 is 0 Å². The zero-order valence-electron chi connectivity index (χ0n) is 16.4. The number of carbonyl (C=O) groups is 2. The summed E-state index contributed by atoms with van der Waals surface area (Å²) in [6, 6.07) is 8.80. The van der Waals surface area contributed by atoms with Crippen LogP contribution in [0.2, 0.25) is 0 Å². The second kappa shape index (κ2) is 8.14. The Bertz CT molecular complexity index is 997. The zero-order valence-corrected chi connectivity index (χ0v) is 16.4. The molecule has 1 aliphatic heterocycles. The van der Waals surface area contributed by atoms with E-state index in [2.05, 4.69) is 5.32 Å². The third-order valence-electron chi connectivity index (χ3n) is 4.68. The fraction of sp³-hybridized carbons (Fsp3) is 0.238. The summed E-state index contributed by atoms with van der Waals surface area (Å²) in [6.07, 6.45) is 0. The zero-order chi connectivity index (χ0) is 21.1. The van der Waals surface area contributed by atoms with Gasteiger partial charge in [0.25, 0.3) is 11.7 Å². The van der Waals surface area contributed by atoms with Gasteiger partial charge in [-0.05, 0) is 30.3 Å². The highest BCUT2D eigenvalue weighted by molar-refractivity contribution is 6.46. The van der Waals surface area contributed by atoms with E-state index in [-0.39, 0.29) is 11.3 Å². The number of aliphatic hydroxyl groups is 1. The Morgan fingerprint density at radius 1 is 0.862 bits per heavy atom. The summed E-state index contributed by atoms with van der Waals surface area (Å²) >= 11 is 0. The minimum absolute atomic E-state index is 0.0781. The van der Waals surface area contributed by atoms with Gasteiger partial charge in [0.15, 0.2) is 11.5 Å². The number of amides is 1. The molecule has 2 aromatic rings. The Labute approximate surface area is 167 Å². The van der Waals surface area contributed by atoms with Gasteiger partial charge in [-0.15, -0.1) is 0 Å². The predicted octanol–water partition coefficient (Wildman–Crippen LogP) is 2.43. The number of hydrogen-bond donors (Lipinski definition) is 2. The molecule has 0 spiro atoms. The van der Waals surface area contributed by atoms with Gasteiger partial charge >= 0.3 is 0 Å². The maximum Gasteiger partial charge on any atom is 0.293 e. The summed E-state index contributed by atoms with van der Waals surface area (Å²) in [5, 5.41) is 13.5. The number of ether oxygens (including phenoxy) is 4. The van der Waals surface area contributed by atoms with Crippen molar-refractivity contribution in [1.82, 2.24) is 5.32 Å². The maximum atomic E-state index is 12.6. The lowest BCUT2D eigenvalue weighted by molar-refractivity contribution is -0.133. The Morgan fingerprint density at radius 3 is 2.17 bits per heavy atom. The molecule has 0 aromatic heterocycles. The van der Waals surface area contributed by atoms with Crippen LogP contribution in [0.5, 0.6) is 23.0 Å². The minimum Gasteiger partial charge on any atom is -0.507 e. The van der Waals surface area contributed by atoms with E-state index in [1.807, 2.05) is 0 Å². The van der Waals surface area contributed by atoms with Crippen molar-refractivity contribution in [3.05, 3.63) is 53.1 Å². The van der Waals surface area contributed by atoms with Gasteiger partial charge < -0.3 is 29.4 Å². The lowest BCUT2D eigenvalue weighted by Crippen LogP contribution is -2.21. The summed E-state index contributed by atoms with van der Waals surface area (Å²) in [7, 11) is 5.94. The standard InChI is InChI=1S/C21H21NO7/c1-26-12-6-7-13(15(10-12)28-3)18-17(20(24)21(25)22-18)19(23)11-5-8-14(27-2)16(9-11)29-4/h5-10,18,23H,1-4H3,(H,22,25). The van der Waals surface area contributed by atoms with E-state index in [0.717, 1.165) is 0 Å². The minimum atomic E-state index is -0.885. The quantitative estimate of drug-likeness (QED) is 0.437. The molecule has 1 heterocycles. The number of methoxy groups -OCH3 is 4. The lowest BCUT2D eigenvalue weighted by Gasteiger charge is -2.18. The monoisotopic (exact) mass is 399 g/mol. The molecule has 0 aliphatic carbocycles. The van der Waals surface area contributed by atoms with Crippen molar-refractivity contribution in [3.8, 4) is 23.0 Å². The van der Waals surface area contributed by atoms with Crippen LogP contribution in [0.1, 0.15) is 17.2 Å². The van der Waals surface area contributed by atoms with Gasteiger partial charge in [-0.25, -0.2) is 0 Å². The smallest absolute Gasteiger partial charge is 0.293 e. The summed E-state index contributed by atoms with van der Waals surface area (Å²) in [5.41, 5.74) is 0.736. The van der Waals surface area contributed by atoms with Gasteiger partial charge in [0.2, 0.25) is 0 Å². The highest BCUT2D eigenvalue weighted by Gasteiger charge is 2.41. The van der Waals surface area contributed by atoms with Crippen LogP contribution in [0.4, 0.5) is 0 Å². The first kappa shape index (κ1) is 20.1. The Morgan fingerprint density at radius 2 is 1.55 bits per heavy atom. The van der Waals surface area contributed by atoms with Crippen LogP contribution < -0.4 is 24.3 Å². The molecule has 29 heavy (non-hydrogen) atoms. The highest BCUT2D eigenvalue weighted by Crippen LogP contribution is 2.39. The largest absolute Gasteiger partial charge is 0.507 e. The van der Waals surface area contributed by atoms with Gasteiger partial charge in [0, 0.05) is 17.2 Å². The van der Waals surface area contributed by atoms with E-state index >= 15 is 0 Å². The van der Waals surface area contributed by atoms with Crippen molar-refractivity contribution in [2.75, 3.05) is 28.4 Å². The molecule has 8 nitrogen and oxygen atoms in total. The molecule has 0 radical (unpaired) electrons. The summed E-state index contributed by atoms with van der Waals surface area (Å²) in [5.74, 6) is -0.167. The van der Waals surface area contributed by atoms with Gasteiger partial charge in [-0.2, -0.15) is 0 Å². The molecule has 0 saturated carbocycles. The molecule has 2 aromatic carbocycles. The normalized spacial score (nSPS) is 17.6. The Balaban J connectivity index is 2.15. The van der Waals surface area contributed by atoms with E-state index in [9.17, 15) is 14.7 Å². The molecular formula is C21H21NO7. The summed E-state index contributed by atoms with van der Waals surface area (Å²) in [6.45, 7) is 0. The molecule has 8 heteroatoms. The van der Waals surface area contributed by atoms with Crippen LogP contribution in [-0.4, -0.2) is 45.2 Å². The van der Waals surface area contributed by atoms with E-state index in [0.29, 0.717) is 34.1 Å². The molecule has 152 valence electrons. The molecule has 0 bridgehead atoms. The fourth-order valence-corrected chi connectivity index (χ4v) is 3.20. The topological polar surface area (TPSA) is 103 Å². The molecule has 1 aliphatic rings. The molecular weight excluding hydrogens is 378 g/mol. The van der Waals surface area contributed by atoms with Crippen molar-refractivity contribution in [3.63, 3.8) is 0 Å². The van der Waals surface area contributed by atoms with Gasteiger partial charge in [-0.3, -0.25) is 9.59 Å². The second-order valence-corrected chi connectivity index (χ2v) is 6.18. The van der Waals surface area contributed by atoms with E-state index in [4.69, 9.17) is 18.9 Å². The third-order valence-corrected chi connectivity index (χ3v) is 4.68. The molecule has 1 fully saturated rings. The maximum absolute atomic E-state index is 12.6. The number of benzene rings is 2. The second-order valence-electron chi connectivity index (χ2n) is 6.18. The fourth-order valence-electron chi connectivity index (χ4n) is 3.20. The Kier molecular flexibility index (Phi) is 5.63. The van der Waals surface area contributed by atoms with Crippen LogP contribution in [0.15, 0.2) is 42.0 Å². The van der Waals surface area contributed by atoms with Crippen molar-refractivity contribution < 1.29 is 33.6 Å². The molecule has 3 rings (SSSR count). The molecule has 2 N–H and O–H groups in total. The summed E-state index contributed by atoms with van der Waals surface area (Å²) in [4.78, 5) is 24.7. The van der Waals surface area contributed by atoms with Crippen LogP contribution in [0.3, 0.4) is 0 Å². The van der Waals surface area contributed by atoms with Crippen molar-refractivity contribution in [2.45, 2.75) is 6.04 Å². The van der Waals surface area contributed by atoms with Gasteiger partial charge in [-0.1, -0.05) is 0 Å². The number of aliphatic hydroxyl groups excluding tert-OH is 1.